The summed E-state index contributed by atoms with van der Waals surface area (Å²) in [6.07, 6.45) is 0. The van der Waals surface area contributed by atoms with Crippen molar-refractivity contribution in [3.63, 3.8) is 0 Å². The molecule has 0 bridgehead atoms. The van der Waals surface area contributed by atoms with Crippen molar-refractivity contribution in [3.8, 4) is 0 Å². The Morgan fingerprint density at radius 1 is 1.43 bits per heavy atom. The second kappa shape index (κ2) is 6.05. The Hall–Kier alpha value is -2.21. The van der Waals surface area contributed by atoms with E-state index in [4.69, 9.17) is 0 Å². The van der Waals surface area contributed by atoms with Gasteiger partial charge < -0.3 is 5.11 Å². The maximum atomic E-state index is 13.3. The van der Waals surface area contributed by atoms with Crippen molar-refractivity contribution in [2.24, 2.45) is 0 Å². The van der Waals surface area contributed by atoms with Crippen molar-refractivity contribution in [1.82, 2.24) is 15.1 Å². The van der Waals surface area contributed by atoms with E-state index in [1.54, 1.807) is 24.9 Å². The molecule has 0 radical (unpaired) electrons. The first-order valence-electron chi connectivity index (χ1n) is 6.58. The number of nitrogens with zero attached hydrogens (tertiary/aromatic N) is 2. The van der Waals surface area contributed by atoms with Gasteiger partial charge in [0, 0.05) is 12.2 Å². The number of carboxylic acid groups (broad SMARTS) is 1. The molecule has 2 N–H and O–H groups in total. The lowest BCUT2D eigenvalue weighted by molar-refractivity contribution is -0.143. The van der Waals surface area contributed by atoms with Gasteiger partial charge in [-0.2, -0.15) is 5.10 Å². The van der Waals surface area contributed by atoms with Crippen LogP contribution in [0, 0.1) is 19.7 Å². The van der Waals surface area contributed by atoms with Gasteiger partial charge in [0.1, 0.15) is 11.9 Å². The van der Waals surface area contributed by atoms with E-state index < -0.39 is 12.0 Å². The Morgan fingerprint density at radius 3 is 2.67 bits per heavy atom. The van der Waals surface area contributed by atoms with Gasteiger partial charge in [-0.05, 0) is 44.2 Å². The van der Waals surface area contributed by atoms with Gasteiger partial charge in [0.2, 0.25) is 0 Å². The van der Waals surface area contributed by atoms with Gasteiger partial charge in [-0.25, -0.2) is 4.39 Å². The zero-order valence-corrected chi connectivity index (χ0v) is 12.2. The lowest BCUT2D eigenvalue weighted by Crippen LogP contribution is -2.30. The van der Waals surface area contributed by atoms with Crippen LogP contribution in [0.15, 0.2) is 24.3 Å². The van der Waals surface area contributed by atoms with Gasteiger partial charge in [-0.3, -0.25) is 14.8 Å². The van der Waals surface area contributed by atoms with E-state index in [2.05, 4.69) is 10.2 Å². The molecule has 2 aromatic rings. The van der Waals surface area contributed by atoms with E-state index >= 15 is 0 Å². The normalized spacial score (nSPS) is 12.6. The summed E-state index contributed by atoms with van der Waals surface area (Å²) in [6.45, 7) is 3.89. The van der Waals surface area contributed by atoms with Crippen molar-refractivity contribution in [2.45, 2.75) is 26.4 Å². The Labute approximate surface area is 122 Å². The van der Waals surface area contributed by atoms with Crippen LogP contribution in [-0.4, -0.2) is 33.2 Å². The molecule has 1 heterocycles. The summed E-state index contributed by atoms with van der Waals surface area (Å²) in [5, 5.41) is 16.4. The molecule has 0 saturated heterocycles. The summed E-state index contributed by atoms with van der Waals surface area (Å²) in [4.78, 5) is 13.2. The Bertz CT molecular complexity index is 654. The number of hydrogen-bond donors (Lipinski definition) is 2. The minimum Gasteiger partial charge on any atom is -0.480 e. The van der Waals surface area contributed by atoms with E-state index in [1.807, 2.05) is 13.0 Å². The third kappa shape index (κ3) is 3.46. The molecule has 0 aliphatic carbocycles. The van der Waals surface area contributed by atoms with Gasteiger partial charge in [0.25, 0.3) is 0 Å². The van der Waals surface area contributed by atoms with Crippen molar-refractivity contribution in [1.29, 1.82) is 0 Å². The molecule has 1 aromatic carbocycles. The average Bonchev–Trinajstić information content (AvgIpc) is 2.79. The van der Waals surface area contributed by atoms with Gasteiger partial charge in [-0.1, -0.05) is 12.1 Å². The van der Waals surface area contributed by atoms with Crippen LogP contribution in [0.1, 0.15) is 28.6 Å². The first-order chi connectivity index (χ1) is 9.88. The Kier molecular flexibility index (Phi) is 4.37. The van der Waals surface area contributed by atoms with Gasteiger partial charge in [0.15, 0.2) is 0 Å². The fourth-order valence-electron chi connectivity index (χ4n) is 2.33. The summed E-state index contributed by atoms with van der Waals surface area (Å²) >= 11 is 0. The summed E-state index contributed by atoms with van der Waals surface area (Å²) in [6, 6.07) is 5.40. The SMILES string of the molecule is Cc1cc(CN(C)[C@@H](C(=O)O)c2ccc(F)c(C)c2)n[nH]1. The van der Waals surface area contributed by atoms with E-state index in [0.29, 0.717) is 17.7 Å². The number of aliphatic carboxylic acids is 1. The molecule has 0 spiro atoms. The summed E-state index contributed by atoms with van der Waals surface area (Å²) in [5.74, 6) is -1.32. The number of halogens is 1. The number of hydrogen-bond acceptors (Lipinski definition) is 3. The van der Waals surface area contributed by atoms with Crippen LogP contribution in [-0.2, 0) is 11.3 Å². The highest BCUT2D eigenvalue weighted by Crippen LogP contribution is 2.23. The summed E-state index contributed by atoms with van der Waals surface area (Å²) in [7, 11) is 1.71. The number of rotatable bonds is 5. The van der Waals surface area contributed by atoms with Crippen LogP contribution in [0.4, 0.5) is 4.39 Å². The van der Waals surface area contributed by atoms with E-state index in [1.165, 1.54) is 12.1 Å². The minimum atomic E-state index is -0.976. The molecule has 2 rings (SSSR count). The van der Waals surface area contributed by atoms with Crippen molar-refractivity contribution in [3.05, 3.63) is 52.6 Å². The van der Waals surface area contributed by atoms with E-state index in [-0.39, 0.29) is 5.82 Å². The number of carboxylic acids is 1. The van der Waals surface area contributed by atoms with Crippen LogP contribution in [0.2, 0.25) is 0 Å². The van der Waals surface area contributed by atoms with Gasteiger partial charge >= 0.3 is 5.97 Å². The highest BCUT2D eigenvalue weighted by molar-refractivity contribution is 5.75. The second-order valence-corrected chi connectivity index (χ2v) is 5.21. The molecule has 0 fully saturated rings. The lowest BCUT2D eigenvalue weighted by Gasteiger charge is -2.24. The van der Waals surface area contributed by atoms with Gasteiger partial charge in [-0.15, -0.1) is 0 Å². The first-order valence-corrected chi connectivity index (χ1v) is 6.58. The second-order valence-electron chi connectivity index (χ2n) is 5.21. The molecule has 1 atom stereocenters. The predicted molar refractivity (Wildman–Crippen MR) is 76.3 cm³/mol. The molecule has 1 aromatic heterocycles. The molecule has 0 aliphatic heterocycles. The standard InChI is InChI=1S/C15H18FN3O2/c1-9-6-11(4-5-13(9)16)14(15(20)21)19(3)8-12-7-10(2)17-18-12/h4-7,14H,8H2,1-3H3,(H,17,18)(H,20,21)/t14-/m1/s1. The smallest absolute Gasteiger partial charge is 0.325 e. The summed E-state index contributed by atoms with van der Waals surface area (Å²) in [5.41, 5.74) is 2.67. The average molecular weight is 291 g/mol. The van der Waals surface area contributed by atoms with Crippen molar-refractivity contribution < 1.29 is 14.3 Å². The molecular weight excluding hydrogens is 273 g/mol. The van der Waals surface area contributed by atoms with Crippen LogP contribution in [0.3, 0.4) is 0 Å². The molecular formula is C15H18FN3O2. The number of likely N-dealkylation sites (N-methyl/N-ethyl adjacent to an activating group) is 1. The van der Waals surface area contributed by atoms with Crippen molar-refractivity contribution >= 4 is 5.97 Å². The third-order valence-electron chi connectivity index (χ3n) is 3.34. The highest BCUT2D eigenvalue weighted by Gasteiger charge is 2.25. The largest absolute Gasteiger partial charge is 0.480 e. The van der Waals surface area contributed by atoms with E-state index in [9.17, 15) is 14.3 Å². The molecule has 0 aliphatic rings. The fraction of sp³-hybridized carbons (Fsp3) is 0.333. The maximum Gasteiger partial charge on any atom is 0.325 e. The van der Waals surface area contributed by atoms with Crippen LogP contribution in [0.5, 0.6) is 0 Å². The zero-order valence-electron chi connectivity index (χ0n) is 12.2. The van der Waals surface area contributed by atoms with Gasteiger partial charge in [0.05, 0.1) is 5.69 Å². The number of nitrogens with one attached hydrogen (secondary N) is 1. The molecule has 0 saturated carbocycles. The first kappa shape index (κ1) is 15.2. The number of H-pyrrole nitrogens is 1. The number of aromatic nitrogens is 2. The number of carbonyl (C=O) groups is 1. The zero-order chi connectivity index (χ0) is 15.6. The topological polar surface area (TPSA) is 69.2 Å². The summed E-state index contributed by atoms with van der Waals surface area (Å²) < 4.78 is 13.3. The maximum absolute atomic E-state index is 13.3. The molecule has 5 nitrogen and oxygen atoms in total. The monoisotopic (exact) mass is 291 g/mol. The molecule has 6 heteroatoms. The highest BCUT2D eigenvalue weighted by atomic mass is 19.1. The lowest BCUT2D eigenvalue weighted by atomic mass is 10.0. The predicted octanol–water partition coefficient (Wildman–Crippen LogP) is 2.42. The number of aromatic amines is 1. The Balaban J connectivity index is 2.25. The van der Waals surface area contributed by atoms with Crippen LogP contribution in [0.25, 0.3) is 0 Å². The quantitative estimate of drug-likeness (QED) is 0.887. The molecule has 112 valence electrons. The number of benzene rings is 1. The van der Waals surface area contributed by atoms with Crippen LogP contribution >= 0.6 is 0 Å². The fourth-order valence-corrected chi connectivity index (χ4v) is 2.33. The number of aryl methyl sites for hydroxylation is 2. The van der Waals surface area contributed by atoms with Crippen LogP contribution < -0.4 is 0 Å². The Morgan fingerprint density at radius 2 is 2.14 bits per heavy atom. The molecule has 0 unspecified atom stereocenters. The molecule has 21 heavy (non-hydrogen) atoms. The molecule has 0 amide bonds. The van der Waals surface area contributed by atoms with E-state index in [0.717, 1.165) is 11.4 Å². The van der Waals surface area contributed by atoms with Crippen molar-refractivity contribution in [2.75, 3.05) is 7.05 Å². The third-order valence-corrected chi connectivity index (χ3v) is 3.34. The minimum absolute atomic E-state index is 0.339.